The van der Waals surface area contributed by atoms with E-state index in [1.54, 1.807) is 12.4 Å². The van der Waals surface area contributed by atoms with Gasteiger partial charge >= 0.3 is 0 Å². The first-order valence-corrected chi connectivity index (χ1v) is 14.3. The number of nitrogens with zero attached hydrogens (tertiary/aromatic N) is 1. The van der Waals surface area contributed by atoms with Crippen LogP contribution in [0.1, 0.15) is 70.3 Å². The van der Waals surface area contributed by atoms with E-state index in [0.717, 1.165) is 50.5 Å². The molecule has 39 heavy (non-hydrogen) atoms. The van der Waals surface area contributed by atoms with Crippen LogP contribution in [0.2, 0.25) is 0 Å². The first-order chi connectivity index (χ1) is 19.2. The van der Waals surface area contributed by atoms with Crippen molar-refractivity contribution >= 4 is 17.9 Å². The lowest BCUT2D eigenvalue weighted by molar-refractivity contribution is -0.121. The number of aromatic nitrogens is 1. The lowest BCUT2D eigenvalue weighted by Crippen LogP contribution is -2.36. The molecule has 0 spiro atoms. The van der Waals surface area contributed by atoms with E-state index in [9.17, 15) is 9.59 Å². The SMILES string of the molecule is CC/C=C\C/C=C\C/C=C\C/C=C\C/C=C\CCCC(=O)NCCNCCNC(=O)C/C=C/c1cccnc1. The third-order valence-electron chi connectivity index (χ3n) is 5.48. The normalized spacial score (nSPS) is 12.2. The van der Waals surface area contributed by atoms with Gasteiger partial charge in [0.15, 0.2) is 0 Å². The van der Waals surface area contributed by atoms with Crippen LogP contribution >= 0.6 is 0 Å². The number of hydrogen-bond donors (Lipinski definition) is 3. The molecule has 0 radical (unpaired) electrons. The highest BCUT2D eigenvalue weighted by molar-refractivity contribution is 5.78. The summed E-state index contributed by atoms with van der Waals surface area (Å²) in [5, 5.41) is 9.02. The van der Waals surface area contributed by atoms with Crippen molar-refractivity contribution < 1.29 is 9.59 Å². The standard InChI is InChI=1S/C33H48N4O2/c1-2-3-4-5-6-7-8-9-10-11-12-13-14-15-16-17-18-23-32(38)36-28-26-34-27-29-37-33(39)24-19-21-31-22-20-25-35-30-31/h3-4,6-7,9-10,12-13,15-16,19-22,25,30,34H,2,5,8,11,14,17-18,23-24,26-29H2,1H3,(H,36,38)(H,37,39)/b4-3-,7-6-,10-9-,13-12-,16-15-,21-19+. The summed E-state index contributed by atoms with van der Waals surface area (Å²) >= 11 is 0. The summed E-state index contributed by atoms with van der Waals surface area (Å²) in [6.07, 6.45) is 36.7. The van der Waals surface area contributed by atoms with E-state index in [2.05, 4.69) is 88.6 Å². The maximum absolute atomic E-state index is 11.9. The summed E-state index contributed by atoms with van der Waals surface area (Å²) in [6.45, 7) is 4.63. The number of amides is 2. The van der Waals surface area contributed by atoms with Crippen molar-refractivity contribution in [2.75, 3.05) is 26.2 Å². The summed E-state index contributed by atoms with van der Waals surface area (Å²) in [5.41, 5.74) is 0.975. The first kappa shape index (κ1) is 33.5. The Bertz CT molecular complexity index is 930. The monoisotopic (exact) mass is 532 g/mol. The fourth-order valence-corrected chi connectivity index (χ4v) is 3.39. The largest absolute Gasteiger partial charge is 0.355 e. The molecule has 0 unspecified atom stereocenters. The highest BCUT2D eigenvalue weighted by Crippen LogP contribution is 2.00. The number of rotatable bonds is 22. The Hall–Kier alpha value is -3.51. The number of carbonyl (C=O) groups excluding carboxylic acids is 2. The number of carbonyl (C=O) groups is 2. The molecule has 0 aliphatic heterocycles. The van der Waals surface area contributed by atoms with Crippen LogP contribution in [0, 0.1) is 0 Å². The Morgan fingerprint density at radius 1 is 0.744 bits per heavy atom. The quantitative estimate of drug-likeness (QED) is 0.122. The van der Waals surface area contributed by atoms with E-state index in [1.807, 2.05) is 24.3 Å². The number of nitrogens with one attached hydrogen (secondary N) is 3. The minimum absolute atomic E-state index is 0.0160. The van der Waals surface area contributed by atoms with Gasteiger partial charge in [0.1, 0.15) is 0 Å². The topological polar surface area (TPSA) is 83.1 Å². The van der Waals surface area contributed by atoms with E-state index in [4.69, 9.17) is 0 Å². The van der Waals surface area contributed by atoms with Crippen molar-refractivity contribution in [1.82, 2.24) is 20.9 Å². The second kappa shape index (κ2) is 26.1. The van der Waals surface area contributed by atoms with Crippen molar-refractivity contribution in [2.24, 2.45) is 0 Å². The van der Waals surface area contributed by atoms with Crippen molar-refractivity contribution in [3.63, 3.8) is 0 Å². The maximum Gasteiger partial charge on any atom is 0.223 e. The molecule has 3 N–H and O–H groups in total. The maximum atomic E-state index is 11.9. The van der Waals surface area contributed by atoms with Gasteiger partial charge in [-0.1, -0.05) is 85.9 Å². The van der Waals surface area contributed by atoms with Crippen molar-refractivity contribution in [3.8, 4) is 0 Å². The molecule has 0 aromatic carbocycles. The van der Waals surface area contributed by atoms with Gasteiger partial charge in [-0.2, -0.15) is 0 Å². The molecule has 1 aromatic heterocycles. The van der Waals surface area contributed by atoms with E-state index in [-0.39, 0.29) is 11.8 Å². The molecule has 0 atom stereocenters. The molecule has 2 amide bonds. The number of allylic oxidation sites excluding steroid dienone is 10. The second-order valence-electron chi connectivity index (χ2n) is 8.94. The van der Waals surface area contributed by atoms with Gasteiger partial charge in [-0.15, -0.1) is 0 Å². The predicted molar refractivity (Wildman–Crippen MR) is 165 cm³/mol. The fraction of sp³-hybridized carbons (Fsp3) is 0.424. The van der Waals surface area contributed by atoms with Gasteiger partial charge in [-0.05, 0) is 56.6 Å². The summed E-state index contributed by atoms with van der Waals surface area (Å²) in [4.78, 5) is 27.8. The molecule has 0 saturated carbocycles. The molecule has 0 aliphatic carbocycles. The lowest BCUT2D eigenvalue weighted by Gasteiger charge is -2.07. The van der Waals surface area contributed by atoms with E-state index < -0.39 is 0 Å². The second-order valence-corrected chi connectivity index (χ2v) is 8.94. The van der Waals surface area contributed by atoms with E-state index in [1.165, 1.54) is 0 Å². The summed E-state index contributed by atoms with van der Waals surface area (Å²) in [7, 11) is 0. The molecule has 6 nitrogen and oxygen atoms in total. The van der Waals surface area contributed by atoms with Gasteiger partial charge in [-0.25, -0.2) is 0 Å². The molecular weight excluding hydrogens is 484 g/mol. The third-order valence-corrected chi connectivity index (χ3v) is 5.48. The Morgan fingerprint density at radius 3 is 1.92 bits per heavy atom. The summed E-state index contributed by atoms with van der Waals surface area (Å²) in [5.74, 6) is 0.0654. The Labute approximate surface area is 236 Å². The smallest absolute Gasteiger partial charge is 0.223 e. The Kier molecular flexibility index (Phi) is 22.4. The molecular formula is C33H48N4O2. The third kappa shape index (κ3) is 23.3. The van der Waals surface area contributed by atoms with Crippen LogP contribution in [0.3, 0.4) is 0 Å². The highest BCUT2D eigenvalue weighted by Gasteiger charge is 2.00. The molecule has 0 saturated heterocycles. The minimum Gasteiger partial charge on any atom is -0.355 e. The zero-order valence-corrected chi connectivity index (χ0v) is 23.7. The van der Waals surface area contributed by atoms with Crippen LogP contribution < -0.4 is 16.0 Å². The Morgan fingerprint density at radius 2 is 1.33 bits per heavy atom. The lowest BCUT2D eigenvalue weighted by atomic mass is 10.2. The predicted octanol–water partition coefficient (Wildman–Crippen LogP) is 6.23. The van der Waals surface area contributed by atoms with Crippen LogP contribution in [-0.4, -0.2) is 43.0 Å². The van der Waals surface area contributed by atoms with Gasteiger partial charge in [0, 0.05) is 51.4 Å². The van der Waals surface area contributed by atoms with Crippen LogP contribution in [0.15, 0.2) is 91.4 Å². The average molecular weight is 533 g/mol. The number of unbranched alkanes of at least 4 members (excludes halogenated alkanes) is 1. The molecule has 1 rings (SSSR count). The van der Waals surface area contributed by atoms with Gasteiger partial charge in [-0.3, -0.25) is 14.6 Å². The molecule has 1 heterocycles. The fourth-order valence-electron chi connectivity index (χ4n) is 3.39. The number of pyridine rings is 1. The molecule has 0 fully saturated rings. The minimum atomic E-state index is -0.0160. The van der Waals surface area contributed by atoms with E-state index >= 15 is 0 Å². The van der Waals surface area contributed by atoms with Gasteiger partial charge < -0.3 is 16.0 Å². The van der Waals surface area contributed by atoms with Gasteiger partial charge in [0.25, 0.3) is 0 Å². The zero-order chi connectivity index (χ0) is 28.1. The molecule has 212 valence electrons. The van der Waals surface area contributed by atoms with Crippen molar-refractivity contribution in [3.05, 3.63) is 96.9 Å². The van der Waals surface area contributed by atoms with Crippen LogP contribution in [-0.2, 0) is 9.59 Å². The number of hydrogen-bond acceptors (Lipinski definition) is 4. The molecule has 6 heteroatoms. The first-order valence-electron chi connectivity index (χ1n) is 14.3. The van der Waals surface area contributed by atoms with Gasteiger partial charge in [0.2, 0.25) is 11.8 Å². The van der Waals surface area contributed by atoms with Crippen LogP contribution in [0.5, 0.6) is 0 Å². The molecule has 0 aliphatic rings. The van der Waals surface area contributed by atoms with Gasteiger partial charge in [0.05, 0.1) is 0 Å². The molecule has 0 bridgehead atoms. The average Bonchev–Trinajstić information content (AvgIpc) is 2.94. The van der Waals surface area contributed by atoms with E-state index in [0.29, 0.717) is 39.0 Å². The summed E-state index contributed by atoms with van der Waals surface area (Å²) in [6, 6.07) is 3.80. The molecule has 1 aromatic rings. The van der Waals surface area contributed by atoms with Crippen LogP contribution in [0.4, 0.5) is 0 Å². The zero-order valence-electron chi connectivity index (χ0n) is 23.7. The van der Waals surface area contributed by atoms with Crippen molar-refractivity contribution in [1.29, 1.82) is 0 Å². The highest BCUT2D eigenvalue weighted by atomic mass is 16.2. The van der Waals surface area contributed by atoms with Crippen molar-refractivity contribution in [2.45, 2.75) is 64.7 Å². The summed E-state index contributed by atoms with van der Waals surface area (Å²) < 4.78 is 0. The van der Waals surface area contributed by atoms with Crippen LogP contribution in [0.25, 0.3) is 6.08 Å². The Balaban J connectivity index is 1.89.